The van der Waals surface area contributed by atoms with Crippen LogP contribution in [0.4, 0.5) is 17.6 Å². The number of benzene rings is 1. The van der Waals surface area contributed by atoms with Crippen molar-refractivity contribution in [2.24, 2.45) is 10.8 Å². The predicted molar refractivity (Wildman–Crippen MR) is 76.7 cm³/mol. The van der Waals surface area contributed by atoms with Gasteiger partial charge in [0.15, 0.2) is 23.3 Å². The molecule has 1 aromatic rings. The molecular formula is C15H12Cl2F4O2. The number of hydrogen-bond acceptors (Lipinski definition) is 2. The lowest BCUT2D eigenvalue weighted by molar-refractivity contribution is -0.151. The van der Waals surface area contributed by atoms with Crippen LogP contribution in [-0.4, -0.2) is 5.97 Å². The molecule has 0 saturated heterocycles. The van der Waals surface area contributed by atoms with Crippen molar-refractivity contribution < 1.29 is 27.1 Å². The van der Waals surface area contributed by atoms with E-state index in [1.165, 1.54) is 6.08 Å². The van der Waals surface area contributed by atoms with Gasteiger partial charge in [-0.15, -0.1) is 0 Å². The SMILES string of the molecule is CC1(C)CC1(C=C(Cl)Cl)C(=O)OCc1c(F)c(F)cc(F)c1F. The third-order valence-electron chi connectivity index (χ3n) is 4.07. The summed E-state index contributed by atoms with van der Waals surface area (Å²) in [6, 6.07) is 0.0808. The van der Waals surface area contributed by atoms with E-state index in [1.807, 2.05) is 0 Å². The number of rotatable bonds is 4. The van der Waals surface area contributed by atoms with Crippen LogP contribution >= 0.6 is 23.2 Å². The first-order chi connectivity index (χ1) is 10.5. The van der Waals surface area contributed by atoms with Gasteiger partial charge in [-0.05, 0) is 17.9 Å². The van der Waals surface area contributed by atoms with Crippen LogP contribution in [-0.2, 0) is 16.1 Å². The molecule has 8 heteroatoms. The van der Waals surface area contributed by atoms with E-state index in [9.17, 15) is 22.4 Å². The number of carbonyl (C=O) groups excluding carboxylic acids is 1. The Kier molecular flexibility index (Phi) is 4.70. The van der Waals surface area contributed by atoms with Gasteiger partial charge < -0.3 is 4.74 Å². The summed E-state index contributed by atoms with van der Waals surface area (Å²) in [4.78, 5) is 12.2. The first kappa shape index (κ1) is 18.1. The van der Waals surface area contributed by atoms with Gasteiger partial charge in [0.05, 0.1) is 11.0 Å². The van der Waals surface area contributed by atoms with Crippen LogP contribution in [0.15, 0.2) is 16.6 Å². The van der Waals surface area contributed by atoms with E-state index in [0.717, 1.165) is 0 Å². The van der Waals surface area contributed by atoms with E-state index >= 15 is 0 Å². The fourth-order valence-corrected chi connectivity index (χ4v) is 2.88. The van der Waals surface area contributed by atoms with Gasteiger partial charge in [0.2, 0.25) is 0 Å². The molecule has 0 N–H and O–H groups in total. The number of hydrogen-bond donors (Lipinski definition) is 0. The molecule has 1 aromatic carbocycles. The van der Waals surface area contributed by atoms with Crippen molar-refractivity contribution in [2.45, 2.75) is 26.9 Å². The molecule has 2 rings (SSSR count). The summed E-state index contributed by atoms with van der Waals surface area (Å²) in [5.41, 5.74) is -2.64. The van der Waals surface area contributed by atoms with E-state index in [0.29, 0.717) is 6.42 Å². The van der Waals surface area contributed by atoms with Crippen molar-refractivity contribution in [3.63, 3.8) is 0 Å². The van der Waals surface area contributed by atoms with Gasteiger partial charge in [-0.2, -0.15) is 0 Å². The first-order valence-corrected chi connectivity index (χ1v) is 7.30. The highest BCUT2D eigenvalue weighted by Crippen LogP contribution is 2.65. The average Bonchev–Trinajstić information content (AvgIpc) is 2.98. The Morgan fingerprint density at radius 2 is 1.70 bits per heavy atom. The third kappa shape index (κ3) is 3.19. The van der Waals surface area contributed by atoms with E-state index in [2.05, 4.69) is 0 Å². The van der Waals surface area contributed by atoms with Gasteiger partial charge >= 0.3 is 5.97 Å². The summed E-state index contributed by atoms with van der Waals surface area (Å²) in [5, 5.41) is 0. The quantitative estimate of drug-likeness (QED) is 0.422. The monoisotopic (exact) mass is 370 g/mol. The lowest BCUT2D eigenvalue weighted by Crippen LogP contribution is -2.22. The summed E-state index contributed by atoms with van der Waals surface area (Å²) >= 11 is 11.2. The van der Waals surface area contributed by atoms with Crippen LogP contribution in [0.3, 0.4) is 0 Å². The molecule has 1 fully saturated rings. The van der Waals surface area contributed by atoms with Crippen molar-refractivity contribution in [1.29, 1.82) is 0 Å². The van der Waals surface area contributed by atoms with Gasteiger partial charge in [0.1, 0.15) is 11.1 Å². The first-order valence-electron chi connectivity index (χ1n) is 6.55. The zero-order valence-corrected chi connectivity index (χ0v) is 13.7. The predicted octanol–water partition coefficient (Wildman–Crippen LogP) is 5.02. The molecule has 1 unspecified atom stereocenters. The Labute approximate surface area is 140 Å². The maximum Gasteiger partial charge on any atom is 0.316 e. The smallest absolute Gasteiger partial charge is 0.316 e. The molecule has 0 heterocycles. The van der Waals surface area contributed by atoms with Gasteiger partial charge in [0, 0.05) is 6.07 Å². The van der Waals surface area contributed by atoms with E-state index in [-0.39, 0.29) is 10.6 Å². The molecule has 1 atom stereocenters. The largest absolute Gasteiger partial charge is 0.460 e. The van der Waals surface area contributed by atoms with Gasteiger partial charge in [-0.3, -0.25) is 4.79 Å². The van der Waals surface area contributed by atoms with Crippen molar-refractivity contribution in [1.82, 2.24) is 0 Å². The second-order valence-electron chi connectivity index (χ2n) is 5.99. The van der Waals surface area contributed by atoms with Crippen molar-refractivity contribution in [3.05, 3.63) is 45.5 Å². The topological polar surface area (TPSA) is 26.3 Å². The molecule has 2 nitrogen and oxygen atoms in total. The molecule has 1 aliphatic carbocycles. The second-order valence-corrected chi connectivity index (χ2v) is 7.00. The standard InChI is InChI=1S/C15H12Cl2F4O2/c1-14(2)6-15(14,4-10(16)17)13(22)23-5-7-11(20)8(18)3-9(19)12(7)21/h3-4H,5-6H2,1-2H3. The second kappa shape index (κ2) is 5.98. The maximum atomic E-state index is 13.5. The van der Waals surface area contributed by atoms with Crippen molar-refractivity contribution in [2.75, 3.05) is 0 Å². The van der Waals surface area contributed by atoms with Gasteiger partial charge in [0.25, 0.3) is 0 Å². The Hall–Kier alpha value is -1.27. The van der Waals surface area contributed by atoms with Crippen LogP contribution < -0.4 is 0 Å². The fourth-order valence-electron chi connectivity index (χ4n) is 2.51. The minimum atomic E-state index is -1.60. The Morgan fingerprint density at radius 1 is 1.22 bits per heavy atom. The summed E-state index contributed by atoms with van der Waals surface area (Å²) in [6.45, 7) is 2.56. The zero-order chi connectivity index (χ0) is 17.6. The maximum absolute atomic E-state index is 13.5. The van der Waals surface area contributed by atoms with Crippen LogP contribution in [0.5, 0.6) is 0 Å². The van der Waals surface area contributed by atoms with Crippen LogP contribution in [0.25, 0.3) is 0 Å². The average molecular weight is 371 g/mol. The van der Waals surface area contributed by atoms with E-state index in [1.54, 1.807) is 13.8 Å². The molecule has 0 radical (unpaired) electrons. The Balaban J connectivity index is 2.22. The highest BCUT2D eigenvalue weighted by atomic mass is 35.5. The number of carbonyl (C=O) groups is 1. The summed E-state index contributed by atoms with van der Waals surface area (Å²) in [5.74, 6) is -7.18. The molecule has 0 spiro atoms. The highest BCUT2D eigenvalue weighted by molar-refractivity contribution is 6.56. The highest BCUT2D eigenvalue weighted by Gasteiger charge is 2.66. The molecule has 1 saturated carbocycles. The van der Waals surface area contributed by atoms with E-state index < -0.39 is 52.2 Å². The molecular weight excluding hydrogens is 359 g/mol. The molecule has 126 valence electrons. The number of halogens is 6. The van der Waals surface area contributed by atoms with E-state index in [4.69, 9.17) is 27.9 Å². The lowest BCUT2D eigenvalue weighted by atomic mass is 9.96. The van der Waals surface area contributed by atoms with Gasteiger partial charge in [-0.1, -0.05) is 37.0 Å². The van der Waals surface area contributed by atoms with Crippen molar-refractivity contribution in [3.8, 4) is 0 Å². The minimum absolute atomic E-state index is 0.0808. The van der Waals surface area contributed by atoms with Crippen molar-refractivity contribution >= 4 is 29.2 Å². The zero-order valence-electron chi connectivity index (χ0n) is 12.2. The molecule has 23 heavy (non-hydrogen) atoms. The minimum Gasteiger partial charge on any atom is -0.460 e. The van der Waals surface area contributed by atoms with Crippen LogP contribution in [0.2, 0.25) is 0 Å². The van der Waals surface area contributed by atoms with Gasteiger partial charge in [-0.25, -0.2) is 17.6 Å². The summed E-state index contributed by atoms with van der Waals surface area (Å²) < 4.78 is 58.0. The Bertz CT molecular complexity index is 673. The lowest BCUT2D eigenvalue weighted by Gasteiger charge is -2.16. The molecule has 0 bridgehead atoms. The Morgan fingerprint density at radius 3 is 2.09 bits per heavy atom. The molecule has 1 aliphatic rings. The van der Waals surface area contributed by atoms with Crippen LogP contribution in [0, 0.1) is 34.1 Å². The molecule has 0 amide bonds. The third-order valence-corrected chi connectivity index (χ3v) is 4.29. The summed E-state index contributed by atoms with van der Waals surface area (Å²) in [7, 11) is 0. The van der Waals surface area contributed by atoms with Crippen LogP contribution in [0.1, 0.15) is 25.8 Å². The number of ether oxygens (including phenoxy) is 1. The molecule has 0 aliphatic heterocycles. The molecule has 0 aromatic heterocycles. The summed E-state index contributed by atoms with van der Waals surface area (Å²) in [6.07, 6.45) is 1.65. The fraction of sp³-hybridized carbons (Fsp3) is 0.400. The normalized spacial score (nSPS) is 21.7. The number of esters is 1.